The van der Waals surface area contributed by atoms with Crippen LogP contribution in [-0.2, 0) is 9.53 Å². The van der Waals surface area contributed by atoms with Crippen molar-refractivity contribution in [1.82, 2.24) is 0 Å². The number of methoxy groups -OCH3 is 1. The molecule has 0 aliphatic rings. The molecule has 0 heterocycles. The summed E-state index contributed by atoms with van der Waals surface area (Å²) in [5.41, 5.74) is 0. The normalized spacial score (nSPS) is 12.5. The fraction of sp³-hybridized carbons (Fsp3) is 0.625. The lowest BCUT2D eigenvalue weighted by Gasteiger charge is -2.10. The summed E-state index contributed by atoms with van der Waals surface area (Å²) < 4.78 is 4.93. The van der Waals surface area contributed by atoms with E-state index >= 15 is 0 Å². The average molecular weight is 158 g/mol. The van der Waals surface area contributed by atoms with Crippen molar-refractivity contribution in [3.63, 3.8) is 0 Å². The van der Waals surface area contributed by atoms with Crippen molar-refractivity contribution in [3.05, 3.63) is 12.7 Å². The minimum absolute atomic E-state index is 0.0737. The molecule has 0 bridgehead atoms. The molecule has 0 saturated heterocycles. The lowest BCUT2D eigenvalue weighted by molar-refractivity contribution is -0.139. The minimum atomic E-state index is -0.819. The van der Waals surface area contributed by atoms with Gasteiger partial charge in [-0.2, -0.15) is 0 Å². The second-order valence-electron chi connectivity index (χ2n) is 2.32. The molecule has 64 valence electrons. The summed E-state index contributed by atoms with van der Waals surface area (Å²) in [6.45, 7) is 3.54. The first kappa shape index (κ1) is 10.2. The van der Waals surface area contributed by atoms with Gasteiger partial charge in [-0.25, -0.2) is 0 Å². The Kier molecular flexibility index (Phi) is 5.47. The quantitative estimate of drug-likeness (QED) is 0.595. The Morgan fingerprint density at radius 2 is 2.45 bits per heavy atom. The van der Waals surface area contributed by atoms with Crippen LogP contribution in [0.15, 0.2) is 12.7 Å². The highest BCUT2D eigenvalue weighted by Crippen LogP contribution is 2.05. The van der Waals surface area contributed by atoms with E-state index < -0.39 is 5.97 Å². The molecule has 1 N–H and O–H groups in total. The van der Waals surface area contributed by atoms with Gasteiger partial charge >= 0.3 is 5.97 Å². The number of aliphatic carboxylic acids is 1. The molecule has 1 unspecified atom stereocenters. The number of ether oxygens (including phenoxy) is 1. The molecule has 0 aliphatic carbocycles. The molecule has 3 heteroatoms. The maximum atomic E-state index is 10.2. The van der Waals surface area contributed by atoms with Gasteiger partial charge in [0.05, 0.1) is 12.5 Å². The van der Waals surface area contributed by atoms with Crippen LogP contribution in [0.5, 0.6) is 0 Å². The molecule has 0 amide bonds. The topological polar surface area (TPSA) is 46.5 Å². The zero-order valence-corrected chi connectivity index (χ0v) is 6.75. The highest BCUT2D eigenvalue weighted by molar-refractivity contribution is 5.67. The Hall–Kier alpha value is -0.830. The van der Waals surface area contributed by atoms with Crippen LogP contribution in [0.3, 0.4) is 0 Å². The first-order chi connectivity index (χ1) is 5.20. The van der Waals surface area contributed by atoms with E-state index in [-0.39, 0.29) is 12.5 Å². The van der Waals surface area contributed by atoms with Crippen molar-refractivity contribution in [3.8, 4) is 0 Å². The van der Waals surface area contributed by atoms with Crippen LogP contribution in [0.4, 0.5) is 0 Å². The maximum absolute atomic E-state index is 10.2. The first-order valence-electron chi connectivity index (χ1n) is 3.56. The van der Waals surface area contributed by atoms with Gasteiger partial charge in [0.1, 0.15) is 0 Å². The van der Waals surface area contributed by atoms with Crippen LogP contribution in [0.1, 0.15) is 19.3 Å². The van der Waals surface area contributed by atoms with E-state index in [2.05, 4.69) is 6.58 Å². The first-order valence-corrected chi connectivity index (χ1v) is 3.56. The van der Waals surface area contributed by atoms with Gasteiger partial charge in [0.25, 0.3) is 0 Å². The van der Waals surface area contributed by atoms with Crippen LogP contribution in [0.2, 0.25) is 0 Å². The van der Waals surface area contributed by atoms with Gasteiger partial charge in [-0.1, -0.05) is 6.08 Å². The highest BCUT2D eigenvalue weighted by Gasteiger charge is 2.10. The number of hydrogen-bond acceptors (Lipinski definition) is 2. The zero-order valence-electron chi connectivity index (χ0n) is 6.75. The van der Waals surface area contributed by atoms with Gasteiger partial charge in [-0.3, -0.25) is 4.79 Å². The van der Waals surface area contributed by atoms with Crippen molar-refractivity contribution in [2.45, 2.75) is 25.4 Å². The lowest BCUT2D eigenvalue weighted by Crippen LogP contribution is -2.15. The Balaban J connectivity index is 3.57. The lowest BCUT2D eigenvalue weighted by atomic mass is 10.1. The van der Waals surface area contributed by atoms with Gasteiger partial charge in [0.15, 0.2) is 0 Å². The van der Waals surface area contributed by atoms with Crippen molar-refractivity contribution in [1.29, 1.82) is 0 Å². The van der Waals surface area contributed by atoms with E-state index in [9.17, 15) is 4.79 Å². The number of carboxylic acids is 1. The second-order valence-corrected chi connectivity index (χ2v) is 2.32. The zero-order chi connectivity index (χ0) is 8.69. The van der Waals surface area contributed by atoms with Gasteiger partial charge < -0.3 is 9.84 Å². The average Bonchev–Trinajstić information content (AvgIpc) is 1.97. The van der Waals surface area contributed by atoms with Gasteiger partial charge in [-0.05, 0) is 12.8 Å². The van der Waals surface area contributed by atoms with Gasteiger partial charge in [-0.15, -0.1) is 6.58 Å². The Morgan fingerprint density at radius 3 is 2.82 bits per heavy atom. The molecule has 0 fully saturated rings. The Labute approximate surface area is 66.7 Å². The van der Waals surface area contributed by atoms with Crippen LogP contribution in [-0.4, -0.2) is 24.3 Å². The highest BCUT2D eigenvalue weighted by atomic mass is 16.5. The molecule has 0 aromatic rings. The van der Waals surface area contributed by atoms with Crippen LogP contribution < -0.4 is 0 Å². The predicted octanol–water partition coefficient (Wildman–Crippen LogP) is 1.44. The number of carboxylic acid groups (broad SMARTS) is 1. The van der Waals surface area contributed by atoms with Crippen molar-refractivity contribution < 1.29 is 14.6 Å². The van der Waals surface area contributed by atoms with E-state index in [1.165, 1.54) is 7.11 Å². The number of allylic oxidation sites excluding steroid dienone is 1. The molecule has 0 rings (SSSR count). The van der Waals surface area contributed by atoms with Crippen LogP contribution >= 0.6 is 0 Å². The molecule has 0 radical (unpaired) electrons. The van der Waals surface area contributed by atoms with E-state index in [1.807, 2.05) is 0 Å². The van der Waals surface area contributed by atoms with Crippen molar-refractivity contribution in [2.75, 3.05) is 7.11 Å². The van der Waals surface area contributed by atoms with E-state index in [0.29, 0.717) is 0 Å². The summed E-state index contributed by atoms with van der Waals surface area (Å²) in [6.07, 6.45) is 3.18. The Morgan fingerprint density at radius 1 is 1.82 bits per heavy atom. The summed E-state index contributed by atoms with van der Waals surface area (Å²) in [5.74, 6) is -0.819. The van der Waals surface area contributed by atoms with Crippen LogP contribution in [0, 0.1) is 0 Å². The van der Waals surface area contributed by atoms with E-state index in [1.54, 1.807) is 6.08 Å². The SMILES string of the molecule is C=CCCC(CC(=O)O)OC. The fourth-order valence-corrected chi connectivity index (χ4v) is 0.802. The third-order valence-electron chi connectivity index (χ3n) is 1.43. The molecule has 11 heavy (non-hydrogen) atoms. The Bertz CT molecular complexity index is 131. The standard InChI is InChI=1S/C8H14O3/c1-3-4-5-7(11-2)6-8(9)10/h3,7H,1,4-6H2,2H3,(H,9,10). The molecular formula is C8H14O3. The molecule has 0 aromatic heterocycles. The fourth-order valence-electron chi connectivity index (χ4n) is 0.802. The third-order valence-corrected chi connectivity index (χ3v) is 1.43. The molecule has 0 aliphatic heterocycles. The van der Waals surface area contributed by atoms with Crippen molar-refractivity contribution in [2.24, 2.45) is 0 Å². The predicted molar refractivity (Wildman–Crippen MR) is 42.5 cm³/mol. The summed E-state index contributed by atoms with van der Waals surface area (Å²) in [7, 11) is 1.52. The number of rotatable bonds is 6. The summed E-state index contributed by atoms with van der Waals surface area (Å²) in [4.78, 5) is 10.2. The summed E-state index contributed by atoms with van der Waals surface area (Å²) >= 11 is 0. The maximum Gasteiger partial charge on any atom is 0.305 e. The molecule has 3 nitrogen and oxygen atoms in total. The summed E-state index contributed by atoms with van der Waals surface area (Å²) in [6, 6.07) is 0. The smallest absolute Gasteiger partial charge is 0.305 e. The number of carbonyl (C=O) groups is 1. The van der Waals surface area contributed by atoms with E-state index in [4.69, 9.17) is 9.84 Å². The monoisotopic (exact) mass is 158 g/mol. The molecule has 1 atom stereocenters. The molecular weight excluding hydrogens is 144 g/mol. The van der Waals surface area contributed by atoms with E-state index in [0.717, 1.165) is 12.8 Å². The second kappa shape index (κ2) is 5.92. The number of hydrogen-bond donors (Lipinski definition) is 1. The third kappa shape index (κ3) is 5.61. The largest absolute Gasteiger partial charge is 0.481 e. The molecule has 0 spiro atoms. The molecule has 0 aromatic carbocycles. The van der Waals surface area contributed by atoms with Gasteiger partial charge in [0.2, 0.25) is 0 Å². The summed E-state index contributed by atoms with van der Waals surface area (Å²) in [5, 5.41) is 8.41. The van der Waals surface area contributed by atoms with Crippen molar-refractivity contribution >= 4 is 5.97 Å². The van der Waals surface area contributed by atoms with Crippen LogP contribution in [0.25, 0.3) is 0 Å². The van der Waals surface area contributed by atoms with Gasteiger partial charge in [0, 0.05) is 7.11 Å². The minimum Gasteiger partial charge on any atom is -0.481 e. The molecule has 0 saturated carbocycles.